The van der Waals surface area contributed by atoms with Crippen LogP contribution in [-0.2, 0) is 0 Å². The van der Waals surface area contributed by atoms with Gasteiger partial charge in [0.15, 0.2) is 0 Å². The molecule has 0 rings (SSSR count). The summed E-state index contributed by atoms with van der Waals surface area (Å²) in [5.74, 6) is 0. The molecule has 1 nitrogen and oxygen atoms in total. The van der Waals surface area contributed by atoms with Gasteiger partial charge in [0.05, 0.1) is 5.60 Å². The van der Waals surface area contributed by atoms with E-state index in [0.717, 1.165) is 12.8 Å². The Hall–Kier alpha value is 1.08. The average Bonchev–Trinajstić information content (AvgIpc) is 1.87. The van der Waals surface area contributed by atoms with Crippen LogP contribution in [0.25, 0.3) is 0 Å². The predicted octanol–water partition coefficient (Wildman–Crippen LogP) is 2.02. The van der Waals surface area contributed by atoms with Crippen molar-refractivity contribution in [3.63, 3.8) is 0 Å². The van der Waals surface area contributed by atoms with E-state index in [0.29, 0.717) is 0 Å². The Morgan fingerprint density at radius 2 is 2.00 bits per heavy atom. The summed E-state index contributed by atoms with van der Waals surface area (Å²) in [6, 6.07) is 0. The van der Waals surface area contributed by atoms with Crippen molar-refractivity contribution in [3.8, 4) is 0 Å². The van der Waals surface area contributed by atoms with Gasteiger partial charge in [0.25, 0.3) is 0 Å². The zero-order chi connectivity index (χ0) is 8.91. The molecule has 12 heavy (non-hydrogen) atoms. The fourth-order valence-corrected chi connectivity index (χ4v) is 0.755. The number of allylic oxidation sites excluding steroid dienone is 2. The summed E-state index contributed by atoms with van der Waals surface area (Å²) in [5, 5.41) is 9.49. The molecular weight excluding hydrogens is 175 g/mol. The molecule has 0 bridgehead atoms. The average molecular weight is 194 g/mol. The Morgan fingerprint density at radius 3 is 2.33 bits per heavy atom. The Morgan fingerprint density at radius 1 is 1.50 bits per heavy atom. The van der Waals surface area contributed by atoms with E-state index < -0.39 is 5.60 Å². The van der Waals surface area contributed by atoms with Crippen LogP contribution in [0.15, 0.2) is 24.3 Å². The summed E-state index contributed by atoms with van der Waals surface area (Å²) in [7, 11) is 0. The molecule has 0 radical (unpaired) electrons. The number of rotatable bonds is 4. The van der Waals surface area contributed by atoms with Gasteiger partial charge in [-0.2, -0.15) is 0 Å². The van der Waals surface area contributed by atoms with Crippen molar-refractivity contribution in [3.05, 3.63) is 24.3 Å². The molecule has 0 saturated carbocycles. The number of aliphatic hydroxyl groups is 1. The molecule has 66 valence electrons. The number of hydrogen-bond donors (Lipinski definition) is 1. The second kappa shape index (κ2) is 7.48. The molecule has 0 saturated heterocycles. The summed E-state index contributed by atoms with van der Waals surface area (Å²) in [5.41, 5.74) is 0.594. The molecule has 1 atom stereocenters. The molecule has 0 aliphatic heterocycles. The maximum atomic E-state index is 9.49. The molecule has 0 aliphatic rings. The van der Waals surface area contributed by atoms with E-state index in [1.54, 1.807) is 13.0 Å². The van der Waals surface area contributed by atoms with Gasteiger partial charge in [0.2, 0.25) is 0 Å². The zero-order valence-corrected chi connectivity index (χ0v) is 7.72. The van der Waals surface area contributed by atoms with Crippen LogP contribution in [0.1, 0.15) is 33.6 Å². The summed E-state index contributed by atoms with van der Waals surface area (Å²) in [6.07, 6.45) is 5.38. The Kier molecular flexibility index (Phi) is 9.69. The van der Waals surface area contributed by atoms with Crippen molar-refractivity contribution in [1.29, 1.82) is 0 Å². The molecule has 1 unspecified atom stereocenters. The first-order valence-electron chi connectivity index (χ1n) is 3.97. The fraction of sp³-hybridized carbons (Fsp3) is 0.600. The summed E-state index contributed by atoms with van der Waals surface area (Å²) < 4.78 is 0. The van der Waals surface area contributed by atoms with Crippen LogP contribution in [-0.4, -0.2) is 62.1 Å². The second-order valence-corrected chi connectivity index (χ2v) is 3.38. The molecular formula is C10H19KO. The van der Waals surface area contributed by atoms with Crippen LogP contribution < -0.4 is 0 Å². The van der Waals surface area contributed by atoms with E-state index in [1.807, 2.05) is 0 Å². The molecule has 0 spiro atoms. The summed E-state index contributed by atoms with van der Waals surface area (Å²) in [6.45, 7) is 9.45. The van der Waals surface area contributed by atoms with Crippen molar-refractivity contribution in [1.82, 2.24) is 0 Å². The van der Waals surface area contributed by atoms with Crippen LogP contribution in [0.3, 0.4) is 0 Å². The molecule has 0 aliphatic carbocycles. The van der Waals surface area contributed by atoms with Crippen LogP contribution >= 0.6 is 0 Å². The van der Waals surface area contributed by atoms with Gasteiger partial charge in [-0.3, -0.25) is 0 Å². The van der Waals surface area contributed by atoms with Gasteiger partial charge in [-0.15, -0.1) is 6.58 Å². The monoisotopic (exact) mass is 194 g/mol. The van der Waals surface area contributed by atoms with Gasteiger partial charge in [-0.1, -0.05) is 17.7 Å². The Balaban J connectivity index is 0. The summed E-state index contributed by atoms with van der Waals surface area (Å²) >= 11 is 0. The SMILES string of the molecule is C=CC(C)(O)CCC=C(C)C.[KH]. The molecule has 0 aromatic rings. The first-order chi connectivity index (χ1) is 4.98. The van der Waals surface area contributed by atoms with E-state index >= 15 is 0 Å². The molecule has 0 amide bonds. The van der Waals surface area contributed by atoms with Gasteiger partial charge < -0.3 is 5.11 Å². The summed E-state index contributed by atoms with van der Waals surface area (Å²) in [4.78, 5) is 0. The number of hydrogen-bond acceptors (Lipinski definition) is 1. The van der Waals surface area contributed by atoms with Crippen molar-refractivity contribution in [2.75, 3.05) is 0 Å². The Bertz CT molecular complexity index is 155. The van der Waals surface area contributed by atoms with Gasteiger partial charge in [0, 0.05) is 0 Å². The predicted molar refractivity (Wildman–Crippen MR) is 56.6 cm³/mol. The zero-order valence-electron chi connectivity index (χ0n) is 7.72. The molecule has 0 aromatic heterocycles. The Labute approximate surface area is 118 Å². The minimum absolute atomic E-state index is 0. The van der Waals surface area contributed by atoms with E-state index in [1.165, 1.54) is 5.57 Å². The second-order valence-electron chi connectivity index (χ2n) is 3.38. The van der Waals surface area contributed by atoms with Crippen LogP contribution in [0, 0.1) is 0 Å². The van der Waals surface area contributed by atoms with Crippen LogP contribution in [0.5, 0.6) is 0 Å². The third-order valence-electron chi connectivity index (χ3n) is 1.64. The van der Waals surface area contributed by atoms with Gasteiger partial charge in [-0.25, -0.2) is 0 Å². The molecule has 0 heterocycles. The third kappa shape index (κ3) is 9.17. The topological polar surface area (TPSA) is 20.2 Å². The quantitative estimate of drug-likeness (QED) is 0.536. The molecule has 0 aromatic carbocycles. The van der Waals surface area contributed by atoms with Crippen molar-refractivity contribution in [2.45, 2.75) is 39.2 Å². The van der Waals surface area contributed by atoms with E-state index in [9.17, 15) is 5.11 Å². The van der Waals surface area contributed by atoms with E-state index in [4.69, 9.17) is 0 Å². The normalized spacial score (nSPS) is 14.0. The third-order valence-corrected chi connectivity index (χ3v) is 1.64. The minimum atomic E-state index is -0.702. The van der Waals surface area contributed by atoms with Gasteiger partial charge >= 0.3 is 51.4 Å². The van der Waals surface area contributed by atoms with Crippen LogP contribution in [0.2, 0.25) is 0 Å². The first kappa shape index (κ1) is 15.5. The maximum absolute atomic E-state index is 9.49. The van der Waals surface area contributed by atoms with Crippen LogP contribution in [0.4, 0.5) is 0 Å². The van der Waals surface area contributed by atoms with Crippen molar-refractivity contribution in [2.24, 2.45) is 0 Å². The standard InChI is InChI=1S/C10H18O.K.H/c1-5-10(4,11)8-6-7-9(2)3;;/h5,7,11H,1,6,8H2,2-4H3;;. The first-order valence-corrected chi connectivity index (χ1v) is 3.97. The molecule has 1 N–H and O–H groups in total. The van der Waals surface area contributed by atoms with Crippen molar-refractivity contribution < 1.29 is 5.11 Å². The molecule has 0 fully saturated rings. The van der Waals surface area contributed by atoms with E-state index in [-0.39, 0.29) is 51.4 Å². The molecule has 2 heteroatoms. The van der Waals surface area contributed by atoms with Gasteiger partial charge in [0.1, 0.15) is 0 Å². The fourth-order valence-electron chi connectivity index (χ4n) is 0.755. The van der Waals surface area contributed by atoms with E-state index in [2.05, 4.69) is 26.5 Å². The van der Waals surface area contributed by atoms with Gasteiger partial charge in [-0.05, 0) is 33.6 Å². The van der Waals surface area contributed by atoms with Crippen molar-refractivity contribution >= 4 is 51.4 Å².